The summed E-state index contributed by atoms with van der Waals surface area (Å²) in [7, 11) is 0. The maximum absolute atomic E-state index is 11.6. The van der Waals surface area contributed by atoms with E-state index in [0.29, 0.717) is 12.3 Å². The molecule has 0 amide bonds. The van der Waals surface area contributed by atoms with Crippen LogP contribution in [0.1, 0.15) is 26.7 Å². The van der Waals surface area contributed by atoms with Crippen LogP contribution < -0.4 is 5.73 Å². The third-order valence-electron chi connectivity index (χ3n) is 3.17. The highest BCUT2D eigenvalue weighted by Crippen LogP contribution is 2.47. The summed E-state index contributed by atoms with van der Waals surface area (Å²) in [5.74, 6) is 0.679. The van der Waals surface area contributed by atoms with Gasteiger partial charge in [0.1, 0.15) is 0 Å². The standard InChI is InChI=1S/C11H15NO/c1-11(2)6-10(13)8-5-7(12)3-4-9(8)11/h3,5,9H,4,6,12H2,1-2H3. The van der Waals surface area contributed by atoms with Crippen LogP contribution in [0.3, 0.4) is 0 Å². The Morgan fingerprint density at radius 3 is 2.92 bits per heavy atom. The van der Waals surface area contributed by atoms with Crippen LogP contribution in [0.25, 0.3) is 0 Å². The molecule has 2 rings (SSSR count). The van der Waals surface area contributed by atoms with Gasteiger partial charge in [0.25, 0.3) is 0 Å². The van der Waals surface area contributed by atoms with Crippen molar-refractivity contribution in [1.82, 2.24) is 0 Å². The number of fused-ring (bicyclic) bond motifs is 1. The minimum Gasteiger partial charge on any atom is -0.399 e. The summed E-state index contributed by atoms with van der Waals surface area (Å²) in [6.45, 7) is 4.32. The molecule has 0 spiro atoms. The molecular weight excluding hydrogens is 162 g/mol. The summed E-state index contributed by atoms with van der Waals surface area (Å²) in [6.07, 6.45) is 5.47. The lowest BCUT2D eigenvalue weighted by molar-refractivity contribution is -0.115. The maximum Gasteiger partial charge on any atom is 0.159 e. The van der Waals surface area contributed by atoms with Crippen molar-refractivity contribution in [3.05, 3.63) is 23.4 Å². The first-order valence-electron chi connectivity index (χ1n) is 4.71. The minimum atomic E-state index is 0.125. The number of Topliss-reactive ketones (excluding diaryl/α,β-unsaturated/α-hetero) is 1. The van der Waals surface area contributed by atoms with Crippen LogP contribution in [-0.2, 0) is 4.79 Å². The van der Waals surface area contributed by atoms with Gasteiger partial charge in [0, 0.05) is 17.7 Å². The number of hydrogen-bond acceptors (Lipinski definition) is 2. The molecule has 70 valence electrons. The van der Waals surface area contributed by atoms with E-state index in [-0.39, 0.29) is 11.2 Å². The molecule has 1 saturated carbocycles. The van der Waals surface area contributed by atoms with E-state index in [0.717, 1.165) is 17.7 Å². The Kier molecular flexibility index (Phi) is 1.62. The van der Waals surface area contributed by atoms with Crippen LogP contribution in [0, 0.1) is 11.3 Å². The smallest absolute Gasteiger partial charge is 0.159 e. The van der Waals surface area contributed by atoms with E-state index in [1.165, 1.54) is 0 Å². The molecule has 0 aromatic heterocycles. The largest absolute Gasteiger partial charge is 0.399 e. The number of nitrogens with two attached hydrogens (primary N) is 1. The number of hydrogen-bond donors (Lipinski definition) is 1. The van der Waals surface area contributed by atoms with Crippen LogP contribution in [0.15, 0.2) is 23.4 Å². The third kappa shape index (κ3) is 1.21. The van der Waals surface area contributed by atoms with E-state index < -0.39 is 0 Å². The molecule has 2 aliphatic carbocycles. The van der Waals surface area contributed by atoms with Gasteiger partial charge in [0.2, 0.25) is 0 Å². The Balaban J connectivity index is 2.41. The minimum absolute atomic E-state index is 0.125. The van der Waals surface area contributed by atoms with E-state index in [2.05, 4.69) is 13.8 Å². The topological polar surface area (TPSA) is 43.1 Å². The van der Waals surface area contributed by atoms with E-state index in [1.54, 1.807) is 0 Å². The van der Waals surface area contributed by atoms with Crippen LogP contribution in [0.2, 0.25) is 0 Å². The summed E-state index contributed by atoms with van der Waals surface area (Å²) in [4.78, 5) is 11.6. The van der Waals surface area contributed by atoms with Crippen molar-refractivity contribution in [3.8, 4) is 0 Å². The molecule has 0 saturated heterocycles. The highest BCUT2D eigenvalue weighted by atomic mass is 16.1. The van der Waals surface area contributed by atoms with Crippen molar-refractivity contribution < 1.29 is 4.79 Å². The Morgan fingerprint density at radius 1 is 1.54 bits per heavy atom. The zero-order valence-electron chi connectivity index (χ0n) is 8.13. The van der Waals surface area contributed by atoms with E-state index in [4.69, 9.17) is 5.73 Å². The fourth-order valence-corrected chi connectivity index (χ4v) is 2.37. The molecule has 2 N–H and O–H groups in total. The number of allylic oxidation sites excluding steroid dienone is 3. The SMILES string of the molecule is CC1(C)CC(=O)C2=CC(N)=CCC21. The Labute approximate surface area is 78.5 Å². The molecule has 0 aliphatic heterocycles. The molecule has 0 heterocycles. The molecule has 0 aromatic rings. The van der Waals surface area contributed by atoms with Crippen LogP contribution >= 0.6 is 0 Å². The first kappa shape index (κ1) is 8.54. The summed E-state index contributed by atoms with van der Waals surface area (Å²) in [5.41, 5.74) is 7.50. The molecule has 0 radical (unpaired) electrons. The monoisotopic (exact) mass is 177 g/mol. The molecule has 2 heteroatoms. The lowest BCUT2D eigenvalue weighted by atomic mass is 9.77. The molecular formula is C11H15NO. The average molecular weight is 177 g/mol. The summed E-state index contributed by atoms with van der Waals surface area (Å²) >= 11 is 0. The molecule has 0 aromatic carbocycles. The molecule has 2 aliphatic rings. The molecule has 1 atom stereocenters. The molecule has 1 unspecified atom stereocenters. The van der Waals surface area contributed by atoms with Gasteiger partial charge in [-0.15, -0.1) is 0 Å². The maximum atomic E-state index is 11.6. The second-order valence-electron chi connectivity index (χ2n) is 4.68. The van der Waals surface area contributed by atoms with Gasteiger partial charge in [-0.05, 0) is 23.8 Å². The lowest BCUT2D eigenvalue weighted by Gasteiger charge is -2.27. The second-order valence-corrected chi connectivity index (χ2v) is 4.68. The average Bonchev–Trinajstić information content (AvgIpc) is 2.22. The predicted octanol–water partition coefficient (Wildman–Crippen LogP) is 1.77. The number of ketones is 1. The summed E-state index contributed by atoms with van der Waals surface area (Å²) in [6, 6.07) is 0. The molecule has 2 nitrogen and oxygen atoms in total. The van der Waals surface area contributed by atoms with Gasteiger partial charge in [-0.1, -0.05) is 19.9 Å². The zero-order chi connectivity index (χ0) is 9.64. The van der Waals surface area contributed by atoms with Gasteiger partial charge < -0.3 is 5.73 Å². The Morgan fingerprint density at radius 2 is 2.23 bits per heavy atom. The quantitative estimate of drug-likeness (QED) is 0.612. The predicted molar refractivity (Wildman–Crippen MR) is 51.9 cm³/mol. The van der Waals surface area contributed by atoms with Crippen molar-refractivity contribution in [2.45, 2.75) is 26.7 Å². The van der Waals surface area contributed by atoms with Gasteiger partial charge in [0.05, 0.1) is 0 Å². The van der Waals surface area contributed by atoms with Crippen molar-refractivity contribution >= 4 is 5.78 Å². The van der Waals surface area contributed by atoms with Crippen molar-refractivity contribution in [2.24, 2.45) is 17.1 Å². The van der Waals surface area contributed by atoms with Crippen LogP contribution in [0.4, 0.5) is 0 Å². The van der Waals surface area contributed by atoms with E-state index in [9.17, 15) is 4.79 Å². The second kappa shape index (κ2) is 2.47. The Hall–Kier alpha value is -1.05. The fraction of sp³-hybridized carbons (Fsp3) is 0.545. The Bertz CT molecular complexity index is 323. The van der Waals surface area contributed by atoms with Gasteiger partial charge in [0.15, 0.2) is 5.78 Å². The van der Waals surface area contributed by atoms with E-state index >= 15 is 0 Å². The van der Waals surface area contributed by atoms with Gasteiger partial charge in [-0.3, -0.25) is 4.79 Å². The van der Waals surface area contributed by atoms with Crippen LogP contribution in [-0.4, -0.2) is 5.78 Å². The van der Waals surface area contributed by atoms with E-state index in [1.807, 2.05) is 12.2 Å². The summed E-state index contributed by atoms with van der Waals surface area (Å²) < 4.78 is 0. The van der Waals surface area contributed by atoms with Crippen molar-refractivity contribution in [1.29, 1.82) is 0 Å². The third-order valence-corrected chi connectivity index (χ3v) is 3.17. The van der Waals surface area contributed by atoms with Crippen molar-refractivity contribution in [3.63, 3.8) is 0 Å². The van der Waals surface area contributed by atoms with Gasteiger partial charge in [-0.2, -0.15) is 0 Å². The van der Waals surface area contributed by atoms with Crippen LogP contribution in [0.5, 0.6) is 0 Å². The van der Waals surface area contributed by atoms with Gasteiger partial charge >= 0.3 is 0 Å². The first-order valence-corrected chi connectivity index (χ1v) is 4.71. The molecule has 1 fully saturated rings. The number of rotatable bonds is 0. The number of carbonyl (C=O) groups excluding carboxylic acids is 1. The molecule has 13 heavy (non-hydrogen) atoms. The number of carbonyl (C=O) groups is 1. The lowest BCUT2D eigenvalue weighted by Crippen LogP contribution is -2.20. The van der Waals surface area contributed by atoms with Gasteiger partial charge in [-0.25, -0.2) is 0 Å². The normalized spacial score (nSPS) is 30.9. The fourth-order valence-electron chi connectivity index (χ4n) is 2.37. The highest BCUT2D eigenvalue weighted by Gasteiger charge is 2.43. The molecule has 0 bridgehead atoms. The highest BCUT2D eigenvalue weighted by molar-refractivity contribution is 5.99. The van der Waals surface area contributed by atoms with Crippen molar-refractivity contribution in [2.75, 3.05) is 0 Å². The summed E-state index contributed by atoms with van der Waals surface area (Å²) in [5, 5.41) is 0. The zero-order valence-corrected chi connectivity index (χ0v) is 8.13. The first-order chi connectivity index (χ1) is 6.00.